The van der Waals surface area contributed by atoms with E-state index in [1.165, 1.54) is 0 Å². The number of para-hydroxylation sites is 1. The van der Waals surface area contributed by atoms with Crippen molar-refractivity contribution in [3.63, 3.8) is 0 Å². The topological polar surface area (TPSA) is 41.6 Å². The van der Waals surface area contributed by atoms with E-state index < -0.39 is 11.4 Å². The van der Waals surface area contributed by atoms with Gasteiger partial charge in [-0.2, -0.15) is 0 Å². The summed E-state index contributed by atoms with van der Waals surface area (Å²) < 4.78 is 13.8. The molecule has 5 heteroatoms. The van der Waals surface area contributed by atoms with Gasteiger partial charge >= 0.3 is 0 Å². The highest BCUT2D eigenvalue weighted by Crippen LogP contribution is 2.34. The summed E-state index contributed by atoms with van der Waals surface area (Å²) in [6, 6.07) is 15.9. The number of benzene rings is 2. The van der Waals surface area contributed by atoms with Crippen molar-refractivity contribution in [2.24, 2.45) is 0 Å². The first kappa shape index (κ1) is 16.6. The fourth-order valence-electron chi connectivity index (χ4n) is 2.67. The molecule has 1 N–H and O–H groups in total. The Hall–Kier alpha value is -2.21. The lowest BCUT2D eigenvalue weighted by Crippen LogP contribution is -2.29. The highest BCUT2D eigenvalue weighted by Gasteiger charge is 2.22. The van der Waals surface area contributed by atoms with Crippen LogP contribution in [0.4, 0.5) is 5.69 Å². The lowest BCUT2D eigenvalue weighted by Gasteiger charge is -2.35. The Labute approximate surface area is 146 Å². The highest BCUT2D eigenvalue weighted by atomic mass is 32.2. The van der Waals surface area contributed by atoms with Gasteiger partial charge in [0.15, 0.2) is 4.90 Å². The van der Waals surface area contributed by atoms with E-state index in [-0.39, 0.29) is 0 Å². The van der Waals surface area contributed by atoms with Gasteiger partial charge in [-0.25, -0.2) is 0 Å². The van der Waals surface area contributed by atoms with Crippen LogP contribution in [0, 0.1) is 0 Å². The van der Waals surface area contributed by atoms with E-state index >= 15 is 0 Å². The third kappa shape index (κ3) is 3.19. The number of nitrogens with one attached hydrogen (secondary N) is 1. The normalized spacial score (nSPS) is 15.2. The maximum Gasteiger partial charge on any atom is 0.174 e. The Morgan fingerprint density at radius 3 is 2.42 bits per heavy atom. The van der Waals surface area contributed by atoms with Gasteiger partial charge in [0.25, 0.3) is 0 Å². The summed E-state index contributed by atoms with van der Waals surface area (Å²) in [5, 5.41) is 3.32. The molecule has 2 aromatic rings. The minimum absolute atomic E-state index is 0.661. The lowest BCUT2D eigenvalue weighted by atomic mass is 10.1. The van der Waals surface area contributed by atoms with Crippen LogP contribution in [0.15, 0.2) is 72.4 Å². The Kier molecular flexibility index (Phi) is 4.66. The Balaban J connectivity index is 1.79. The van der Waals surface area contributed by atoms with Gasteiger partial charge in [0, 0.05) is 37.6 Å². The molecule has 0 aromatic heterocycles. The van der Waals surface area contributed by atoms with Gasteiger partial charge in [0.05, 0.1) is 11.4 Å². The first-order valence-corrected chi connectivity index (χ1v) is 8.78. The van der Waals surface area contributed by atoms with E-state index in [1.807, 2.05) is 48.5 Å². The minimum atomic E-state index is -1.12. The SMILES string of the molecule is C=C1Nc2ccccc2C(=C)N1Cc1ccc([S+]([O-])N(C)C)cc1. The van der Waals surface area contributed by atoms with Crippen LogP contribution in [-0.4, -0.2) is 27.9 Å². The molecule has 0 saturated heterocycles. The largest absolute Gasteiger partial charge is 0.593 e. The van der Waals surface area contributed by atoms with E-state index in [9.17, 15) is 4.55 Å². The molecule has 1 unspecified atom stereocenters. The van der Waals surface area contributed by atoms with Gasteiger partial charge in [-0.1, -0.05) is 43.5 Å². The third-order valence-corrected chi connectivity index (χ3v) is 5.30. The average Bonchev–Trinajstić information content (AvgIpc) is 2.58. The molecule has 124 valence electrons. The molecular formula is C19H21N3OS. The smallest absolute Gasteiger partial charge is 0.174 e. The van der Waals surface area contributed by atoms with Crippen LogP contribution in [0.25, 0.3) is 5.70 Å². The minimum Gasteiger partial charge on any atom is -0.593 e. The molecule has 4 nitrogen and oxygen atoms in total. The molecule has 1 atom stereocenters. The molecule has 0 aliphatic carbocycles. The van der Waals surface area contributed by atoms with E-state index in [2.05, 4.69) is 23.4 Å². The third-order valence-electron chi connectivity index (χ3n) is 3.97. The zero-order valence-electron chi connectivity index (χ0n) is 14.0. The zero-order chi connectivity index (χ0) is 17.3. The first-order chi connectivity index (χ1) is 11.5. The van der Waals surface area contributed by atoms with Gasteiger partial charge in [-0.15, -0.1) is 4.31 Å². The molecule has 0 saturated carbocycles. The predicted molar refractivity (Wildman–Crippen MR) is 100 cm³/mol. The molecule has 1 aliphatic heterocycles. The number of fused-ring (bicyclic) bond motifs is 1. The molecule has 0 radical (unpaired) electrons. The standard InChI is InChI=1S/C19H21N3OS/c1-14-18-7-5-6-8-19(18)20-15(2)22(14)13-16-9-11-17(12-10-16)24(23)21(3)4/h5-12,20H,1-2,13H2,3-4H3. The van der Waals surface area contributed by atoms with Crippen LogP contribution in [-0.2, 0) is 17.9 Å². The molecule has 0 fully saturated rings. The molecule has 0 amide bonds. The van der Waals surface area contributed by atoms with Crippen LogP contribution in [0.3, 0.4) is 0 Å². The number of nitrogens with zero attached hydrogens (tertiary/aromatic N) is 2. The van der Waals surface area contributed by atoms with Crippen molar-refractivity contribution >= 4 is 22.7 Å². The lowest BCUT2D eigenvalue weighted by molar-refractivity contribution is 0.484. The van der Waals surface area contributed by atoms with Gasteiger partial charge in [0.2, 0.25) is 0 Å². The van der Waals surface area contributed by atoms with Crippen molar-refractivity contribution in [3.8, 4) is 0 Å². The fourth-order valence-corrected chi connectivity index (χ4v) is 3.46. The summed E-state index contributed by atoms with van der Waals surface area (Å²) >= 11 is -1.12. The Morgan fingerprint density at radius 2 is 1.75 bits per heavy atom. The zero-order valence-corrected chi connectivity index (χ0v) is 14.8. The monoisotopic (exact) mass is 339 g/mol. The molecular weight excluding hydrogens is 318 g/mol. The van der Waals surface area contributed by atoms with Gasteiger partial charge in [-0.05, 0) is 23.8 Å². The maximum absolute atomic E-state index is 12.1. The summed E-state index contributed by atoms with van der Waals surface area (Å²) in [5.74, 6) is 0.805. The second-order valence-electron chi connectivity index (χ2n) is 5.86. The number of rotatable bonds is 4. The molecule has 24 heavy (non-hydrogen) atoms. The van der Waals surface area contributed by atoms with E-state index in [4.69, 9.17) is 0 Å². The van der Waals surface area contributed by atoms with E-state index in [1.54, 1.807) is 18.4 Å². The average molecular weight is 339 g/mol. The second-order valence-corrected chi connectivity index (χ2v) is 7.56. The fraction of sp³-hybridized carbons (Fsp3) is 0.158. The number of anilines is 1. The predicted octanol–water partition coefficient (Wildman–Crippen LogP) is 3.64. The molecule has 0 spiro atoms. The summed E-state index contributed by atoms with van der Waals surface area (Å²) in [4.78, 5) is 2.85. The van der Waals surface area contributed by atoms with Crippen LogP contribution < -0.4 is 5.32 Å². The van der Waals surface area contributed by atoms with Crippen molar-refractivity contribution in [2.75, 3.05) is 19.4 Å². The Bertz CT molecular complexity index is 770. The summed E-state index contributed by atoms with van der Waals surface area (Å²) in [7, 11) is 3.60. The second kappa shape index (κ2) is 6.73. The van der Waals surface area contributed by atoms with Crippen molar-refractivity contribution < 1.29 is 4.55 Å². The maximum atomic E-state index is 12.1. The highest BCUT2D eigenvalue weighted by molar-refractivity contribution is 7.89. The number of hydrogen-bond donors (Lipinski definition) is 1. The van der Waals surface area contributed by atoms with Crippen LogP contribution in [0.5, 0.6) is 0 Å². The van der Waals surface area contributed by atoms with Crippen LogP contribution >= 0.6 is 0 Å². The van der Waals surface area contributed by atoms with Crippen molar-refractivity contribution in [3.05, 3.63) is 78.6 Å². The van der Waals surface area contributed by atoms with Gasteiger partial charge in [-0.3, -0.25) is 0 Å². The Morgan fingerprint density at radius 1 is 1.08 bits per heavy atom. The van der Waals surface area contributed by atoms with E-state index in [0.717, 1.165) is 33.2 Å². The summed E-state index contributed by atoms with van der Waals surface area (Å²) in [5.41, 5.74) is 4.14. The van der Waals surface area contributed by atoms with E-state index in [0.29, 0.717) is 6.54 Å². The molecule has 1 heterocycles. The van der Waals surface area contributed by atoms with Gasteiger partial charge in [0.1, 0.15) is 5.82 Å². The quantitative estimate of drug-likeness (QED) is 0.864. The summed E-state index contributed by atoms with van der Waals surface area (Å²) in [6.45, 7) is 8.99. The number of hydrogen-bond acceptors (Lipinski definition) is 4. The van der Waals surface area contributed by atoms with Crippen molar-refractivity contribution in [1.82, 2.24) is 9.21 Å². The molecule has 1 aliphatic rings. The molecule has 3 rings (SSSR count). The van der Waals surface area contributed by atoms with Crippen molar-refractivity contribution in [2.45, 2.75) is 11.4 Å². The van der Waals surface area contributed by atoms with Crippen molar-refractivity contribution in [1.29, 1.82) is 0 Å². The first-order valence-electron chi connectivity index (χ1n) is 7.67. The van der Waals surface area contributed by atoms with Crippen LogP contribution in [0.1, 0.15) is 11.1 Å². The molecule has 0 bridgehead atoms. The summed E-state index contributed by atoms with van der Waals surface area (Å²) in [6.07, 6.45) is 0. The molecule has 2 aromatic carbocycles. The van der Waals surface area contributed by atoms with Gasteiger partial charge < -0.3 is 14.8 Å². The van der Waals surface area contributed by atoms with Crippen LogP contribution in [0.2, 0.25) is 0 Å².